The van der Waals surface area contributed by atoms with Gasteiger partial charge in [-0.2, -0.15) is 0 Å². The van der Waals surface area contributed by atoms with Crippen molar-refractivity contribution in [1.82, 2.24) is 14.7 Å². The highest BCUT2D eigenvalue weighted by Crippen LogP contribution is 2.40. The van der Waals surface area contributed by atoms with E-state index in [1.54, 1.807) is 0 Å². The maximum Gasteiger partial charge on any atom is 0.222 e. The molecule has 0 unspecified atom stereocenters. The third kappa shape index (κ3) is 4.54. The van der Waals surface area contributed by atoms with Gasteiger partial charge in [-0.3, -0.25) is 4.79 Å². The highest BCUT2D eigenvalue weighted by atomic mass is 16.2. The number of amides is 1. The Hall–Kier alpha value is -2.17. The molecule has 2 aromatic rings. The Bertz CT molecular complexity index is 745. The number of carbonyl (C=O) groups is 1. The van der Waals surface area contributed by atoms with Gasteiger partial charge in [0, 0.05) is 51.1 Å². The van der Waals surface area contributed by atoms with E-state index in [2.05, 4.69) is 82.4 Å². The van der Waals surface area contributed by atoms with Crippen LogP contribution in [0.5, 0.6) is 0 Å². The number of piperazine rings is 1. The molecule has 1 amide bonds. The second-order valence-electron chi connectivity index (χ2n) is 8.63. The molecule has 154 valence electrons. The number of nitrogens with zero attached hydrogens (tertiary/aromatic N) is 3. The summed E-state index contributed by atoms with van der Waals surface area (Å²) in [7, 11) is 2.19. The standard InChI is InChI=1S/C25H33N3O/c1-26-17-19-27(20-18-26)15-8-16-28-21-25(14-13-24(28)29,22-9-4-2-5-10-22)23-11-6-3-7-12-23/h2-7,9-12H,8,13-21H2,1H3. The average molecular weight is 392 g/mol. The number of piperidine rings is 1. The predicted molar refractivity (Wildman–Crippen MR) is 118 cm³/mol. The number of benzene rings is 2. The van der Waals surface area contributed by atoms with E-state index >= 15 is 0 Å². The van der Waals surface area contributed by atoms with Crippen molar-refractivity contribution < 1.29 is 4.79 Å². The second kappa shape index (κ2) is 9.10. The number of likely N-dealkylation sites (tertiary alicyclic amines) is 1. The van der Waals surface area contributed by atoms with Crippen LogP contribution in [0.2, 0.25) is 0 Å². The molecular weight excluding hydrogens is 358 g/mol. The van der Waals surface area contributed by atoms with Crippen LogP contribution >= 0.6 is 0 Å². The Morgan fingerprint density at radius 3 is 2.00 bits per heavy atom. The van der Waals surface area contributed by atoms with Gasteiger partial charge in [0.15, 0.2) is 0 Å². The lowest BCUT2D eigenvalue weighted by Gasteiger charge is -2.44. The van der Waals surface area contributed by atoms with Crippen LogP contribution in [0, 0.1) is 0 Å². The first-order valence-corrected chi connectivity index (χ1v) is 11.0. The van der Waals surface area contributed by atoms with Crippen LogP contribution in [0.4, 0.5) is 0 Å². The average Bonchev–Trinajstić information content (AvgIpc) is 2.78. The minimum atomic E-state index is -0.107. The number of carbonyl (C=O) groups excluding carboxylic acids is 1. The van der Waals surface area contributed by atoms with Crippen LogP contribution in [-0.4, -0.2) is 73.5 Å². The molecule has 4 heteroatoms. The molecule has 4 rings (SSSR count). The SMILES string of the molecule is CN1CCN(CCCN2CC(c3ccccc3)(c3ccccc3)CCC2=O)CC1. The molecule has 0 saturated carbocycles. The summed E-state index contributed by atoms with van der Waals surface area (Å²) in [6.07, 6.45) is 2.56. The fraction of sp³-hybridized carbons (Fsp3) is 0.480. The van der Waals surface area contributed by atoms with Crippen LogP contribution in [-0.2, 0) is 10.2 Å². The summed E-state index contributed by atoms with van der Waals surface area (Å²) in [5.41, 5.74) is 2.54. The molecule has 0 atom stereocenters. The molecular formula is C25H33N3O. The molecule has 0 radical (unpaired) electrons. The van der Waals surface area contributed by atoms with Crippen LogP contribution in [0.15, 0.2) is 60.7 Å². The molecule has 0 aromatic heterocycles. The van der Waals surface area contributed by atoms with E-state index < -0.39 is 0 Å². The van der Waals surface area contributed by atoms with E-state index in [0.29, 0.717) is 12.3 Å². The maximum absolute atomic E-state index is 12.8. The number of hydrogen-bond donors (Lipinski definition) is 0. The van der Waals surface area contributed by atoms with Gasteiger partial charge in [0.25, 0.3) is 0 Å². The minimum absolute atomic E-state index is 0.107. The van der Waals surface area contributed by atoms with Gasteiger partial charge in [0.05, 0.1) is 0 Å². The third-order valence-electron chi connectivity index (χ3n) is 6.73. The van der Waals surface area contributed by atoms with Crippen molar-refractivity contribution in [2.24, 2.45) is 0 Å². The Morgan fingerprint density at radius 1 is 0.828 bits per heavy atom. The molecule has 2 aliphatic rings. The molecule has 0 spiro atoms. The lowest BCUT2D eigenvalue weighted by atomic mass is 9.69. The third-order valence-corrected chi connectivity index (χ3v) is 6.73. The van der Waals surface area contributed by atoms with Gasteiger partial charge >= 0.3 is 0 Å². The van der Waals surface area contributed by atoms with Crippen molar-refractivity contribution >= 4 is 5.91 Å². The Labute approximate surface area is 175 Å². The Morgan fingerprint density at radius 2 is 1.41 bits per heavy atom. The molecule has 2 aromatic carbocycles. The zero-order chi connectivity index (χ0) is 20.1. The van der Waals surface area contributed by atoms with Gasteiger partial charge in [-0.05, 0) is 37.6 Å². The Kier molecular flexibility index (Phi) is 6.31. The summed E-state index contributed by atoms with van der Waals surface area (Å²) in [6.45, 7) is 7.29. The molecule has 29 heavy (non-hydrogen) atoms. The fourth-order valence-electron chi connectivity index (χ4n) is 4.88. The maximum atomic E-state index is 12.8. The lowest BCUT2D eigenvalue weighted by Crippen LogP contribution is -2.50. The summed E-state index contributed by atoms with van der Waals surface area (Å²) in [6, 6.07) is 21.5. The van der Waals surface area contributed by atoms with Crippen molar-refractivity contribution in [1.29, 1.82) is 0 Å². The van der Waals surface area contributed by atoms with Crippen molar-refractivity contribution in [3.05, 3.63) is 71.8 Å². The van der Waals surface area contributed by atoms with Crippen LogP contribution in [0.25, 0.3) is 0 Å². The predicted octanol–water partition coefficient (Wildman–Crippen LogP) is 3.23. The van der Waals surface area contributed by atoms with E-state index in [4.69, 9.17) is 0 Å². The summed E-state index contributed by atoms with van der Waals surface area (Å²) in [4.78, 5) is 19.8. The van der Waals surface area contributed by atoms with Crippen molar-refractivity contribution in [3.63, 3.8) is 0 Å². The summed E-state index contributed by atoms with van der Waals surface area (Å²) < 4.78 is 0. The first-order chi connectivity index (χ1) is 14.2. The van der Waals surface area contributed by atoms with Crippen molar-refractivity contribution in [2.75, 3.05) is 52.9 Å². The molecule has 2 aliphatic heterocycles. The topological polar surface area (TPSA) is 26.8 Å². The van der Waals surface area contributed by atoms with Crippen molar-refractivity contribution in [2.45, 2.75) is 24.7 Å². The van der Waals surface area contributed by atoms with Gasteiger partial charge in [0.1, 0.15) is 0 Å². The first-order valence-electron chi connectivity index (χ1n) is 11.0. The molecule has 0 N–H and O–H groups in total. The van der Waals surface area contributed by atoms with E-state index in [0.717, 1.165) is 58.7 Å². The molecule has 4 nitrogen and oxygen atoms in total. The lowest BCUT2D eigenvalue weighted by molar-refractivity contribution is -0.135. The van der Waals surface area contributed by atoms with E-state index in [9.17, 15) is 4.79 Å². The van der Waals surface area contributed by atoms with Gasteiger partial charge in [-0.25, -0.2) is 0 Å². The monoisotopic (exact) mass is 391 g/mol. The van der Waals surface area contributed by atoms with E-state index in [1.165, 1.54) is 11.1 Å². The van der Waals surface area contributed by atoms with Crippen molar-refractivity contribution in [3.8, 4) is 0 Å². The first kappa shape index (κ1) is 20.1. The summed E-state index contributed by atoms with van der Waals surface area (Å²) >= 11 is 0. The molecule has 2 heterocycles. The molecule has 0 aliphatic carbocycles. The zero-order valence-electron chi connectivity index (χ0n) is 17.6. The van der Waals surface area contributed by atoms with Gasteiger partial charge in [0.2, 0.25) is 5.91 Å². The quantitative estimate of drug-likeness (QED) is 0.756. The highest BCUT2D eigenvalue weighted by molar-refractivity contribution is 5.78. The molecule has 2 fully saturated rings. The zero-order valence-corrected chi connectivity index (χ0v) is 17.6. The van der Waals surface area contributed by atoms with Gasteiger partial charge < -0.3 is 14.7 Å². The molecule has 0 bridgehead atoms. The number of likely N-dealkylation sites (N-methyl/N-ethyl adjacent to an activating group) is 1. The minimum Gasteiger partial charge on any atom is -0.341 e. The normalized spacial score (nSPS) is 20.7. The fourth-order valence-corrected chi connectivity index (χ4v) is 4.88. The van der Waals surface area contributed by atoms with Crippen LogP contribution in [0.1, 0.15) is 30.4 Å². The Balaban J connectivity index is 1.48. The van der Waals surface area contributed by atoms with Gasteiger partial charge in [-0.1, -0.05) is 60.7 Å². The van der Waals surface area contributed by atoms with Gasteiger partial charge in [-0.15, -0.1) is 0 Å². The van der Waals surface area contributed by atoms with Crippen LogP contribution in [0.3, 0.4) is 0 Å². The van der Waals surface area contributed by atoms with Crippen LogP contribution < -0.4 is 0 Å². The smallest absolute Gasteiger partial charge is 0.222 e. The van der Waals surface area contributed by atoms with E-state index in [-0.39, 0.29) is 5.41 Å². The highest BCUT2D eigenvalue weighted by Gasteiger charge is 2.41. The number of rotatable bonds is 6. The largest absolute Gasteiger partial charge is 0.341 e. The van der Waals surface area contributed by atoms with E-state index in [1.807, 2.05) is 0 Å². The number of hydrogen-bond acceptors (Lipinski definition) is 3. The molecule has 2 saturated heterocycles. The second-order valence-corrected chi connectivity index (χ2v) is 8.63. The summed E-state index contributed by atoms with van der Waals surface area (Å²) in [5.74, 6) is 0.311. The summed E-state index contributed by atoms with van der Waals surface area (Å²) in [5, 5.41) is 0.